The van der Waals surface area contributed by atoms with Gasteiger partial charge in [-0.1, -0.05) is 32.6 Å². The van der Waals surface area contributed by atoms with E-state index in [-0.39, 0.29) is 12.5 Å². The molecular weight excluding hydrogens is 384 g/mol. The third kappa shape index (κ3) is 4.69. The molecule has 0 saturated heterocycles. The minimum Gasteiger partial charge on any atom is -0.495 e. The topological polar surface area (TPSA) is 58.9 Å². The van der Waals surface area contributed by atoms with E-state index in [4.69, 9.17) is 9.47 Å². The van der Waals surface area contributed by atoms with Crippen LogP contribution in [0.25, 0.3) is 0 Å². The molecule has 1 aliphatic heterocycles. The summed E-state index contributed by atoms with van der Waals surface area (Å²) in [6, 6.07) is 3.82. The summed E-state index contributed by atoms with van der Waals surface area (Å²) < 4.78 is 12.5. The van der Waals surface area contributed by atoms with Crippen LogP contribution in [-0.2, 0) is 0 Å². The Bertz CT molecular complexity index is 563. The number of fused-ring (bicyclic) bond motifs is 1. The van der Waals surface area contributed by atoms with Gasteiger partial charge in [-0.3, -0.25) is 0 Å². The van der Waals surface area contributed by atoms with Crippen LogP contribution in [0.4, 0.5) is 0 Å². The number of aliphatic hydroxyl groups is 2. The second kappa shape index (κ2) is 9.24. The third-order valence-electron chi connectivity index (χ3n) is 5.25. The summed E-state index contributed by atoms with van der Waals surface area (Å²) in [4.78, 5) is 0. The molecule has 0 radical (unpaired) electrons. The maximum Gasteiger partial charge on any atom is 0.136 e. The molecule has 0 saturated carbocycles. The van der Waals surface area contributed by atoms with E-state index >= 15 is 0 Å². The van der Waals surface area contributed by atoms with Gasteiger partial charge < -0.3 is 19.7 Å². The first-order valence-electron chi connectivity index (χ1n) is 9.32. The summed E-state index contributed by atoms with van der Waals surface area (Å²) in [7, 11) is 1.63. The molecule has 1 aromatic rings. The van der Waals surface area contributed by atoms with E-state index in [1.165, 1.54) is 19.3 Å². The lowest BCUT2D eigenvalue weighted by Crippen LogP contribution is -2.51. The van der Waals surface area contributed by atoms with E-state index < -0.39 is 11.7 Å². The molecular formula is C20H31BrO4. The Morgan fingerprint density at radius 1 is 1.24 bits per heavy atom. The molecule has 0 spiro atoms. The molecule has 1 aromatic carbocycles. The summed E-state index contributed by atoms with van der Waals surface area (Å²) in [6.45, 7) is 4.23. The third-order valence-corrected chi connectivity index (χ3v) is 5.87. The minimum atomic E-state index is -0.641. The molecule has 4 nitrogen and oxygen atoms in total. The van der Waals surface area contributed by atoms with E-state index in [1.54, 1.807) is 7.11 Å². The molecule has 0 amide bonds. The SMILES string of the molecule is CCCCCCC[C@]1(C)Oc2cc(OC)c(Br)cc2[C@@H](CCO)[C@@H]1O. The second-order valence-electron chi connectivity index (χ2n) is 7.17. The maximum absolute atomic E-state index is 11.0. The fourth-order valence-corrected chi connectivity index (χ4v) is 4.25. The van der Waals surface area contributed by atoms with Crippen molar-refractivity contribution in [2.75, 3.05) is 13.7 Å². The standard InChI is InChI=1S/C20H31BrO4/c1-4-5-6-7-8-10-20(2)19(23)14(9-11-22)15-12-16(21)18(24-3)13-17(15)25-20/h12-14,19,22-23H,4-11H2,1-3H3/t14-,19+,20+/m1/s1. The average molecular weight is 415 g/mol. The van der Waals surface area contributed by atoms with Crippen LogP contribution < -0.4 is 9.47 Å². The Morgan fingerprint density at radius 2 is 1.96 bits per heavy atom. The molecule has 3 atom stereocenters. The summed E-state index contributed by atoms with van der Waals surface area (Å²) in [5, 5.41) is 20.5. The van der Waals surface area contributed by atoms with Crippen molar-refractivity contribution in [1.82, 2.24) is 0 Å². The molecule has 0 fully saturated rings. The van der Waals surface area contributed by atoms with Gasteiger partial charge in [0.25, 0.3) is 0 Å². The molecule has 0 unspecified atom stereocenters. The number of methoxy groups -OCH3 is 1. The number of aliphatic hydroxyl groups excluding tert-OH is 2. The van der Waals surface area contributed by atoms with E-state index in [9.17, 15) is 10.2 Å². The van der Waals surface area contributed by atoms with Crippen molar-refractivity contribution in [2.45, 2.75) is 76.4 Å². The quantitative estimate of drug-likeness (QED) is 0.569. The van der Waals surface area contributed by atoms with E-state index in [0.29, 0.717) is 12.2 Å². The monoisotopic (exact) mass is 414 g/mol. The van der Waals surface area contributed by atoms with Crippen molar-refractivity contribution in [3.05, 3.63) is 22.2 Å². The van der Waals surface area contributed by atoms with Gasteiger partial charge in [-0.25, -0.2) is 0 Å². The van der Waals surface area contributed by atoms with E-state index in [2.05, 4.69) is 22.9 Å². The Hall–Kier alpha value is -0.780. The van der Waals surface area contributed by atoms with Gasteiger partial charge in [0.15, 0.2) is 0 Å². The van der Waals surface area contributed by atoms with Gasteiger partial charge in [-0.15, -0.1) is 0 Å². The highest BCUT2D eigenvalue weighted by atomic mass is 79.9. The van der Waals surface area contributed by atoms with Gasteiger partial charge in [0, 0.05) is 24.2 Å². The molecule has 0 bridgehead atoms. The van der Waals surface area contributed by atoms with Crippen molar-refractivity contribution in [3.63, 3.8) is 0 Å². The number of hydrogen-bond acceptors (Lipinski definition) is 4. The van der Waals surface area contributed by atoms with Gasteiger partial charge >= 0.3 is 0 Å². The molecule has 0 aliphatic carbocycles. The number of hydrogen-bond donors (Lipinski definition) is 2. The fourth-order valence-electron chi connectivity index (χ4n) is 3.72. The number of rotatable bonds is 9. The lowest BCUT2D eigenvalue weighted by atomic mass is 9.76. The van der Waals surface area contributed by atoms with Crippen LogP contribution in [0.15, 0.2) is 16.6 Å². The Balaban J connectivity index is 2.23. The van der Waals surface area contributed by atoms with Crippen molar-refractivity contribution in [3.8, 4) is 11.5 Å². The lowest BCUT2D eigenvalue weighted by Gasteiger charge is -2.44. The van der Waals surface area contributed by atoms with Crippen LogP contribution in [0.2, 0.25) is 0 Å². The Morgan fingerprint density at radius 3 is 2.60 bits per heavy atom. The van der Waals surface area contributed by atoms with Crippen LogP contribution in [0.3, 0.4) is 0 Å². The zero-order valence-electron chi connectivity index (χ0n) is 15.6. The van der Waals surface area contributed by atoms with Gasteiger partial charge in [-0.05, 0) is 48.2 Å². The molecule has 5 heteroatoms. The predicted octanol–water partition coefficient (Wildman–Crippen LogP) is 4.80. The summed E-state index contributed by atoms with van der Waals surface area (Å²) in [5.74, 6) is 1.32. The van der Waals surface area contributed by atoms with Gasteiger partial charge in [0.2, 0.25) is 0 Å². The maximum atomic E-state index is 11.0. The van der Waals surface area contributed by atoms with Crippen molar-refractivity contribution in [2.24, 2.45) is 0 Å². The first kappa shape index (κ1) is 20.5. The highest BCUT2D eigenvalue weighted by Crippen LogP contribution is 2.47. The second-order valence-corrected chi connectivity index (χ2v) is 8.02. The average Bonchev–Trinajstić information content (AvgIpc) is 2.59. The molecule has 25 heavy (non-hydrogen) atoms. The largest absolute Gasteiger partial charge is 0.495 e. The normalized spacial score (nSPS) is 25.4. The highest BCUT2D eigenvalue weighted by molar-refractivity contribution is 9.10. The lowest BCUT2D eigenvalue weighted by molar-refractivity contribution is -0.0794. The first-order valence-corrected chi connectivity index (χ1v) is 10.1. The number of benzene rings is 1. The van der Waals surface area contributed by atoms with Crippen LogP contribution in [0.5, 0.6) is 11.5 Å². The Kier molecular flexibility index (Phi) is 7.59. The first-order chi connectivity index (χ1) is 12.0. The van der Waals surface area contributed by atoms with E-state index in [1.807, 2.05) is 19.1 Å². The van der Waals surface area contributed by atoms with Gasteiger partial charge in [0.1, 0.15) is 23.2 Å². The number of halogens is 1. The minimum absolute atomic E-state index is 0.0391. The van der Waals surface area contributed by atoms with Crippen molar-refractivity contribution in [1.29, 1.82) is 0 Å². The summed E-state index contributed by atoms with van der Waals surface area (Å²) in [5.41, 5.74) is 0.287. The van der Waals surface area contributed by atoms with Gasteiger partial charge in [-0.2, -0.15) is 0 Å². The summed E-state index contributed by atoms with van der Waals surface area (Å²) in [6.07, 6.45) is 6.56. The zero-order chi connectivity index (χ0) is 18.4. The number of unbranched alkanes of at least 4 members (excludes halogenated alkanes) is 4. The summed E-state index contributed by atoms with van der Waals surface area (Å²) >= 11 is 3.50. The predicted molar refractivity (Wildman–Crippen MR) is 104 cm³/mol. The molecule has 1 heterocycles. The smallest absolute Gasteiger partial charge is 0.136 e. The molecule has 1 aliphatic rings. The van der Waals surface area contributed by atoms with Crippen LogP contribution in [0, 0.1) is 0 Å². The molecule has 2 N–H and O–H groups in total. The number of ether oxygens (including phenoxy) is 2. The molecule has 0 aromatic heterocycles. The highest BCUT2D eigenvalue weighted by Gasteiger charge is 2.45. The zero-order valence-corrected chi connectivity index (χ0v) is 17.1. The Labute approximate surface area is 159 Å². The van der Waals surface area contributed by atoms with Crippen molar-refractivity contribution >= 4 is 15.9 Å². The van der Waals surface area contributed by atoms with Crippen LogP contribution in [0.1, 0.15) is 70.3 Å². The van der Waals surface area contributed by atoms with Crippen LogP contribution in [-0.4, -0.2) is 35.6 Å². The molecule has 142 valence electrons. The van der Waals surface area contributed by atoms with E-state index in [0.717, 1.165) is 35.0 Å². The van der Waals surface area contributed by atoms with Crippen LogP contribution >= 0.6 is 15.9 Å². The van der Waals surface area contributed by atoms with Crippen molar-refractivity contribution < 1.29 is 19.7 Å². The molecule has 2 rings (SSSR count). The fraction of sp³-hybridized carbons (Fsp3) is 0.700. The van der Waals surface area contributed by atoms with Gasteiger partial charge in [0.05, 0.1) is 11.6 Å².